The zero-order valence-electron chi connectivity index (χ0n) is 21.9. The van der Waals surface area contributed by atoms with Gasteiger partial charge in [0, 0.05) is 24.7 Å². The van der Waals surface area contributed by atoms with Crippen LogP contribution in [-0.2, 0) is 15.7 Å². The smallest absolute Gasteiger partial charge is 0.416 e. The second-order valence-electron chi connectivity index (χ2n) is 10.3. The quantitative estimate of drug-likeness (QED) is 0.188. The third kappa shape index (κ3) is 7.98. The maximum atomic E-state index is 13.2. The number of allylic oxidation sites excluding steroid dienone is 3. The minimum Gasteiger partial charge on any atom is -0.463 e. The molecule has 1 aromatic rings. The van der Waals surface area contributed by atoms with E-state index in [1.807, 2.05) is 0 Å². The Labute approximate surface area is 220 Å². The lowest BCUT2D eigenvalue weighted by atomic mass is 9.80. The predicted octanol–water partition coefficient (Wildman–Crippen LogP) is 8.20. The first kappa shape index (κ1) is 30.0. The normalized spacial score (nSPS) is 23.0. The second-order valence-corrected chi connectivity index (χ2v) is 10.3. The summed E-state index contributed by atoms with van der Waals surface area (Å²) in [6.07, 6.45) is -0.775. The van der Waals surface area contributed by atoms with Gasteiger partial charge in [-0.25, -0.2) is 4.79 Å². The molecule has 1 aromatic carbocycles. The number of rotatable bonds is 8. The van der Waals surface area contributed by atoms with Crippen molar-refractivity contribution in [2.24, 2.45) is 11.8 Å². The summed E-state index contributed by atoms with van der Waals surface area (Å²) in [6, 6.07) is 4.74. The molecule has 3 atom stereocenters. The average Bonchev–Trinajstić information content (AvgIpc) is 2.84. The molecular weight excluding hydrogens is 508 g/mol. The molecule has 0 saturated carbocycles. The molecule has 1 aliphatic heterocycles. The third-order valence-electron chi connectivity index (χ3n) is 7.19. The number of alkyl halides is 6. The predicted molar refractivity (Wildman–Crippen MR) is 134 cm³/mol. The number of carbonyl (C=O) groups is 1. The van der Waals surface area contributed by atoms with Crippen LogP contribution in [0.3, 0.4) is 0 Å². The molecule has 1 aliphatic carbocycles. The van der Waals surface area contributed by atoms with E-state index >= 15 is 0 Å². The molecule has 0 bridgehead atoms. The average molecular weight is 544 g/mol. The van der Waals surface area contributed by atoms with Crippen molar-refractivity contribution in [3.05, 3.63) is 70.8 Å². The number of carbonyl (C=O) groups excluding carboxylic acids is 1. The molecule has 1 heterocycles. The Balaban J connectivity index is 1.96. The summed E-state index contributed by atoms with van der Waals surface area (Å²) in [5.74, 6) is -0.337. The Morgan fingerprint density at radius 1 is 1.08 bits per heavy atom. The highest BCUT2D eigenvalue weighted by Gasteiger charge is 2.39. The van der Waals surface area contributed by atoms with E-state index in [4.69, 9.17) is 4.74 Å². The Morgan fingerprint density at radius 3 is 2.29 bits per heavy atom. The van der Waals surface area contributed by atoms with Crippen LogP contribution in [0.5, 0.6) is 0 Å². The van der Waals surface area contributed by atoms with Crippen molar-refractivity contribution in [3.8, 4) is 0 Å². The highest BCUT2D eigenvalue weighted by Crippen LogP contribution is 2.41. The maximum Gasteiger partial charge on any atom is 0.416 e. The van der Waals surface area contributed by atoms with Gasteiger partial charge in [0.05, 0.1) is 17.7 Å². The number of piperidine rings is 1. The van der Waals surface area contributed by atoms with Gasteiger partial charge in [-0.2, -0.15) is 26.3 Å². The van der Waals surface area contributed by atoms with Crippen molar-refractivity contribution in [2.45, 2.75) is 77.3 Å². The zero-order chi connectivity index (χ0) is 28.1. The van der Waals surface area contributed by atoms with Crippen molar-refractivity contribution in [1.29, 1.82) is 0 Å². The number of hydrogen-bond acceptors (Lipinski definition) is 3. The molecule has 3 rings (SSSR count). The van der Waals surface area contributed by atoms with Gasteiger partial charge in [0.15, 0.2) is 0 Å². The van der Waals surface area contributed by atoms with Crippen LogP contribution < -0.4 is 0 Å². The monoisotopic (exact) mass is 543 g/mol. The van der Waals surface area contributed by atoms with Crippen LogP contribution in [0.25, 0.3) is 0 Å². The number of nitrogens with zero attached hydrogens (tertiary/aromatic N) is 1. The van der Waals surface area contributed by atoms with Crippen LogP contribution in [0.4, 0.5) is 26.3 Å². The molecule has 0 amide bonds. The molecule has 210 valence electrons. The Hall–Kier alpha value is -2.55. The Bertz CT molecular complexity index is 1040. The molecule has 1 saturated heterocycles. The summed E-state index contributed by atoms with van der Waals surface area (Å²) in [5.41, 5.74) is 0.197. The number of halogens is 6. The first-order valence-corrected chi connectivity index (χ1v) is 13.0. The Kier molecular flexibility index (Phi) is 9.90. The summed E-state index contributed by atoms with van der Waals surface area (Å²) in [7, 11) is 0. The first-order chi connectivity index (χ1) is 17.8. The summed E-state index contributed by atoms with van der Waals surface area (Å²) >= 11 is 0. The van der Waals surface area contributed by atoms with E-state index in [1.54, 1.807) is 13.0 Å². The van der Waals surface area contributed by atoms with Gasteiger partial charge in [-0.3, -0.25) is 4.90 Å². The SMILES string of the molecule is CCOC(=O)/C=C1/CCN([C@H](CCC(C)C)c2ccc(C(F)(F)F)cc2)[C@@H](C2C=CC(C(F)(F)F)=CC2)C1. The molecule has 0 aromatic heterocycles. The molecule has 3 nitrogen and oxygen atoms in total. The lowest BCUT2D eigenvalue weighted by Gasteiger charge is -2.46. The van der Waals surface area contributed by atoms with E-state index < -0.39 is 29.5 Å². The molecule has 0 spiro atoms. The minimum absolute atomic E-state index is 0.184. The molecular formula is C29H35F6NO2. The summed E-state index contributed by atoms with van der Waals surface area (Å²) in [5, 5.41) is 0. The van der Waals surface area contributed by atoms with E-state index in [2.05, 4.69) is 18.7 Å². The number of hydrogen-bond donors (Lipinski definition) is 0. The van der Waals surface area contributed by atoms with Crippen molar-refractivity contribution in [3.63, 3.8) is 0 Å². The van der Waals surface area contributed by atoms with Gasteiger partial charge in [0.2, 0.25) is 0 Å². The standard InChI is InChI=1S/C29H35F6NO2/c1-4-38-27(37)18-20-15-16-36(26(17-20)22-8-12-24(13-9-22)29(33,34)35)25(14-5-19(2)3)21-6-10-23(11-7-21)28(30,31)32/h6-8,10-13,18-19,22,25-26H,4-5,9,14-17H2,1-3H3/b20-18-/t22?,25-,26-/m1/s1. The number of esters is 1. The van der Waals surface area contributed by atoms with E-state index in [9.17, 15) is 31.1 Å². The molecule has 1 fully saturated rings. The van der Waals surface area contributed by atoms with Crippen molar-refractivity contribution in [2.75, 3.05) is 13.2 Å². The molecule has 0 radical (unpaired) electrons. The first-order valence-electron chi connectivity index (χ1n) is 13.0. The molecule has 2 aliphatic rings. The Morgan fingerprint density at radius 2 is 1.76 bits per heavy atom. The molecule has 1 unspecified atom stereocenters. The van der Waals surface area contributed by atoms with Crippen molar-refractivity contribution < 1.29 is 35.9 Å². The van der Waals surface area contributed by atoms with Gasteiger partial charge < -0.3 is 4.74 Å². The fraction of sp³-hybridized carbons (Fsp3) is 0.552. The number of likely N-dealkylation sites (tertiary alicyclic amines) is 1. The molecule has 38 heavy (non-hydrogen) atoms. The fourth-order valence-electron chi connectivity index (χ4n) is 5.23. The summed E-state index contributed by atoms with van der Waals surface area (Å²) in [6.45, 7) is 6.62. The highest BCUT2D eigenvalue weighted by atomic mass is 19.4. The maximum absolute atomic E-state index is 13.2. The molecule has 9 heteroatoms. The van der Waals surface area contributed by atoms with E-state index in [1.165, 1.54) is 24.3 Å². The van der Waals surface area contributed by atoms with Gasteiger partial charge in [0.25, 0.3) is 0 Å². The van der Waals surface area contributed by atoms with Crippen LogP contribution in [-0.4, -0.2) is 36.2 Å². The van der Waals surface area contributed by atoms with Crippen LogP contribution >= 0.6 is 0 Å². The lowest BCUT2D eigenvalue weighted by molar-refractivity contribution is -0.138. The third-order valence-corrected chi connectivity index (χ3v) is 7.19. The lowest BCUT2D eigenvalue weighted by Crippen LogP contribution is -2.46. The largest absolute Gasteiger partial charge is 0.463 e. The van der Waals surface area contributed by atoms with Gasteiger partial charge in [-0.05, 0) is 68.6 Å². The van der Waals surface area contributed by atoms with Crippen LogP contribution in [0, 0.1) is 11.8 Å². The van der Waals surface area contributed by atoms with Gasteiger partial charge in [0.1, 0.15) is 0 Å². The fourth-order valence-corrected chi connectivity index (χ4v) is 5.23. The van der Waals surface area contributed by atoms with Gasteiger partial charge in [-0.15, -0.1) is 0 Å². The summed E-state index contributed by atoms with van der Waals surface area (Å²) in [4.78, 5) is 14.3. The minimum atomic E-state index is -4.44. The van der Waals surface area contributed by atoms with E-state index in [-0.39, 0.29) is 31.0 Å². The molecule has 0 N–H and O–H groups in total. The van der Waals surface area contributed by atoms with Crippen LogP contribution in [0.2, 0.25) is 0 Å². The van der Waals surface area contributed by atoms with Crippen molar-refractivity contribution in [1.82, 2.24) is 4.90 Å². The topological polar surface area (TPSA) is 29.5 Å². The zero-order valence-corrected chi connectivity index (χ0v) is 21.9. The van der Waals surface area contributed by atoms with Crippen molar-refractivity contribution >= 4 is 5.97 Å². The number of ether oxygens (including phenoxy) is 1. The number of benzene rings is 1. The highest BCUT2D eigenvalue weighted by molar-refractivity contribution is 5.82. The van der Waals surface area contributed by atoms with Crippen LogP contribution in [0.15, 0.2) is 59.7 Å². The van der Waals surface area contributed by atoms with E-state index in [0.29, 0.717) is 31.7 Å². The van der Waals surface area contributed by atoms with Crippen LogP contribution in [0.1, 0.15) is 70.0 Å². The summed E-state index contributed by atoms with van der Waals surface area (Å²) < 4.78 is 84.4. The van der Waals surface area contributed by atoms with E-state index in [0.717, 1.165) is 35.8 Å². The van der Waals surface area contributed by atoms with Gasteiger partial charge >= 0.3 is 18.3 Å². The second kappa shape index (κ2) is 12.5. The van der Waals surface area contributed by atoms with Gasteiger partial charge in [-0.1, -0.05) is 49.8 Å².